The maximum Gasteiger partial charge on any atom is 0.256 e. The molecular weight excluding hydrogens is 285 g/mol. The number of halogens is 2. The summed E-state index contributed by atoms with van der Waals surface area (Å²) in [6.45, 7) is 1.48. The van der Waals surface area contributed by atoms with Crippen molar-refractivity contribution in [2.24, 2.45) is 0 Å². The van der Waals surface area contributed by atoms with Crippen molar-refractivity contribution in [1.29, 1.82) is 0 Å². The summed E-state index contributed by atoms with van der Waals surface area (Å²) in [4.78, 5) is 14.0. The lowest BCUT2D eigenvalue weighted by atomic mass is 10.2. The number of amides is 1. The first-order chi connectivity index (χ1) is 8.20. The molecule has 2 nitrogen and oxygen atoms in total. The second kappa shape index (κ2) is 5.63. The van der Waals surface area contributed by atoms with Gasteiger partial charge in [-0.1, -0.05) is 18.9 Å². The Bertz CT molecular complexity index is 414. The Hall–Kier alpha value is -0.900. The van der Waals surface area contributed by atoms with E-state index in [2.05, 4.69) is 15.9 Å². The molecule has 4 heteroatoms. The zero-order chi connectivity index (χ0) is 12.3. The number of rotatable bonds is 1. The lowest BCUT2D eigenvalue weighted by Gasteiger charge is -2.20. The average Bonchev–Trinajstić information content (AvgIpc) is 2.60. The molecule has 0 N–H and O–H groups in total. The molecule has 0 spiro atoms. The van der Waals surface area contributed by atoms with Gasteiger partial charge in [0.2, 0.25) is 0 Å². The minimum Gasteiger partial charge on any atom is -0.339 e. The highest BCUT2D eigenvalue weighted by atomic mass is 79.9. The summed E-state index contributed by atoms with van der Waals surface area (Å²) < 4.78 is 14.2. The van der Waals surface area contributed by atoms with Gasteiger partial charge in [-0.05, 0) is 40.9 Å². The third kappa shape index (κ3) is 2.86. The van der Waals surface area contributed by atoms with E-state index in [0.29, 0.717) is 4.47 Å². The van der Waals surface area contributed by atoms with Crippen molar-refractivity contribution in [2.75, 3.05) is 13.1 Å². The van der Waals surface area contributed by atoms with Crippen LogP contribution in [0.1, 0.15) is 36.0 Å². The van der Waals surface area contributed by atoms with Crippen molar-refractivity contribution in [2.45, 2.75) is 25.7 Å². The topological polar surface area (TPSA) is 20.3 Å². The lowest BCUT2D eigenvalue weighted by molar-refractivity contribution is 0.0757. The third-order valence-electron chi connectivity index (χ3n) is 3.08. The Morgan fingerprint density at radius 2 is 1.82 bits per heavy atom. The van der Waals surface area contributed by atoms with Crippen molar-refractivity contribution in [3.63, 3.8) is 0 Å². The number of carbonyl (C=O) groups excluding carboxylic acids is 1. The van der Waals surface area contributed by atoms with E-state index in [4.69, 9.17) is 0 Å². The molecule has 1 amide bonds. The average molecular weight is 300 g/mol. The van der Waals surface area contributed by atoms with Crippen molar-refractivity contribution in [3.8, 4) is 0 Å². The second-order valence-electron chi connectivity index (χ2n) is 4.31. The SMILES string of the molecule is O=C(c1cccc(Br)c1F)N1CCCCCC1. The zero-order valence-corrected chi connectivity index (χ0v) is 11.2. The van der Waals surface area contributed by atoms with Crippen LogP contribution in [0, 0.1) is 5.82 Å². The zero-order valence-electron chi connectivity index (χ0n) is 9.59. The second-order valence-corrected chi connectivity index (χ2v) is 5.16. The lowest BCUT2D eigenvalue weighted by Crippen LogP contribution is -2.32. The quantitative estimate of drug-likeness (QED) is 0.776. The number of likely N-dealkylation sites (tertiary alicyclic amines) is 1. The van der Waals surface area contributed by atoms with E-state index in [0.717, 1.165) is 38.8 Å². The number of nitrogens with zero attached hydrogens (tertiary/aromatic N) is 1. The van der Waals surface area contributed by atoms with Gasteiger partial charge in [-0.2, -0.15) is 0 Å². The van der Waals surface area contributed by atoms with Crippen LogP contribution in [0.5, 0.6) is 0 Å². The van der Waals surface area contributed by atoms with E-state index < -0.39 is 5.82 Å². The van der Waals surface area contributed by atoms with E-state index in [1.165, 1.54) is 0 Å². The Morgan fingerprint density at radius 3 is 2.47 bits per heavy atom. The maximum absolute atomic E-state index is 13.8. The van der Waals surface area contributed by atoms with Crippen molar-refractivity contribution in [1.82, 2.24) is 4.90 Å². The third-order valence-corrected chi connectivity index (χ3v) is 3.69. The molecule has 0 aromatic heterocycles. The molecule has 1 aliphatic heterocycles. The van der Waals surface area contributed by atoms with Gasteiger partial charge in [-0.15, -0.1) is 0 Å². The molecule has 1 aliphatic rings. The van der Waals surface area contributed by atoms with Crippen molar-refractivity contribution < 1.29 is 9.18 Å². The van der Waals surface area contributed by atoms with Crippen molar-refractivity contribution >= 4 is 21.8 Å². The van der Waals surface area contributed by atoms with Crippen LogP contribution in [0.25, 0.3) is 0 Å². The number of carbonyl (C=O) groups is 1. The number of benzene rings is 1. The van der Waals surface area contributed by atoms with Crippen LogP contribution in [-0.4, -0.2) is 23.9 Å². The molecule has 1 aromatic rings. The molecule has 17 heavy (non-hydrogen) atoms. The fourth-order valence-corrected chi connectivity index (χ4v) is 2.48. The molecule has 1 aromatic carbocycles. The van der Waals surface area contributed by atoms with E-state index in [1.54, 1.807) is 23.1 Å². The predicted molar refractivity (Wildman–Crippen MR) is 68.5 cm³/mol. The minimum absolute atomic E-state index is 0.168. The first-order valence-electron chi connectivity index (χ1n) is 5.93. The fraction of sp³-hybridized carbons (Fsp3) is 0.462. The smallest absolute Gasteiger partial charge is 0.256 e. The van der Waals surface area contributed by atoms with Crippen LogP contribution in [0.2, 0.25) is 0 Å². The van der Waals surface area contributed by atoms with Gasteiger partial charge in [-0.25, -0.2) is 4.39 Å². The molecule has 0 saturated carbocycles. The summed E-state index contributed by atoms with van der Waals surface area (Å²) in [6.07, 6.45) is 4.35. The summed E-state index contributed by atoms with van der Waals surface area (Å²) in [6, 6.07) is 4.85. The van der Waals surface area contributed by atoms with Gasteiger partial charge < -0.3 is 4.90 Å². The normalized spacial score (nSPS) is 16.7. The van der Waals surface area contributed by atoms with Crippen LogP contribution in [-0.2, 0) is 0 Å². The molecular formula is C13H15BrFNO. The largest absolute Gasteiger partial charge is 0.339 e. The Morgan fingerprint density at radius 1 is 1.18 bits per heavy atom. The van der Waals surface area contributed by atoms with Gasteiger partial charge in [-0.3, -0.25) is 4.79 Å². The van der Waals surface area contributed by atoms with Gasteiger partial charge in [0, 0.05) is 13.1 Å². The molecule has 0 atom stereocenters. The summed E-state index contributed by atoms with van der Waals surface area (Å²) >= 11 is 3.11. The Kier molecular flexibility index (Phi) is 4.15. The highest BCUT2D eigenvalue weighted by Crippen LogP contribution is 2.21. The molecule has 0 aliphatic carbocycles. The molecule has 0 bridgehead atoms. The summed E-state index contributed by atoms with van der Waals surface area (Å²) in [5.74, 6) is -0.646. The summed E-state index contributed by atoms with van der Waals surface area (Å²) in [5.41, 5.74) is 0.168. The molecule has 0 unspecified atom stereocenters. The van der Waals surface area contributed by atoms with E-state index >= 15 is 0 Å². The van der Waals surface area contributed by atoms with E-state index in [1.807, 2.05) is 0 Å². The van der Waals surface area contributed by atoms with Gasteiger partial charge >= 0.3 is 0 Å². The van der Waals surface area contributed by atoms with Crippen LogP contribution >= 0.6 is 15.9 Å². The van der Waals surface area contributed by atoms with Crippen LogP contribution in [0.3, 0.4) is 0 Å². The molecule has 1 heterocycles. The van der Waals surface area contributed by atoms with Gasteiger partial charge in [0.05, 0.1) is 10.0 Å². The first-order valence-corrected chi connectivity index (χ1v) is 6.73. The summed E-state index contributed by atoms with van der Waals surface area (Å²) in [5, 5.41) is 0. The predicted octanol–water partition coefficient (Wildman–Crippen LogP) is 3.60. The minimum atomic E-state index is -0.457. The van der Waals surface area contributed by atoms with Gasteiger partial charge in [0.25, 0.3) is 5.91 Å². The molecule has 1 fully saturated rings. The maximum atomic E-state index is 13.8. The molecule has 92 valence electrons. The standard InChI is InChI=1S/C13H15BrFNO/c14-11-7-5-6-10(12(11)15)13(17)16-8-3-1-2-4-9-16/h5-7H,1-4,8-9H2. The first kappa shape index (κ1) is 12.6. The highest BCUT2D eigenvalue weighted by molar-refractivity contribution is 9.10. The Balaban J connectivity index is 2.20. The van der Waals surface area contributed by atoms with E-state index in [9.17, 15) is 9.18 Å². The highest BCUT2D eigenvalue weighted by Gasteiger charge is 2.21. The van der Waals surface area contributed by atoms with Crippen LogP contribution in [0.4, 0.5) is 4.39 Å². The van der Waals surface area contributed by atoms with Crippen LogP contribution < -0.4 is 0 Å². The van der Waals surface area contributed by atoms with E-state index in [-0.39, 0.29) is 11.5 Å². The monoisotopic (exact) mass is 299 g/mol. The van der Waals surface area contributed by atoms with Gasteiger partial charge in [0.15, 0.2) is 0 Å². The van der Waals surface area contributed by atoms with Gasteiger partial charge in [0.1, 0.15) is 5.82 Å². The summed E-state index contributed by atoms with van der Waals surface area (Å²) in [7, 11) is 0. The van der Waals surface area contributed by atoms with Crippen LogP contribution in [0.15, 0.2) is 22.7 Å². The molecule has 2 rings (SSSR count). The molecule has 1 saturated heterocycles. The fourth-order valence-electron chi connectivity index (χ4n) is 2.11. The molecule has 0 radical (unpaired) electrons. The number of hydrogen-bond acceptors (Lipinski definition) is 1. The Labute approximate surface area is 109 Å². The van der Waals surface area contributed by atoms with Crippen molar-refractivity contribution in [3.05, 3.63) is 34.1 Å². The number of hydrogen-bond donors (Lipinski definition) is 0.